The standard InChI is InChI=1S/C22H22BrN3O3S/c1-13(2)20(22(29)26-25-21(28)17-9-10-18(23)30-17)24-19(27)12-14-7-8-15-5-3-4-6-16(15)11-14/h3-11,13,20H,12H2,1-2H3,(H,24,27)(H,25,28)(H,26,29). The van der Waals surface area contributed by atoms with E-state index in [-0.39, 0.29) is 18.2 Å². The number of thiophene rings is 1. The summed E-state index contributed by atoms with van der Waals surface area (Å²) in [6.45, 7) is 3.66. The van der Waals surface area contributed by atoms with Crippen molar-refractivity contribution in [3.63, 3.8) is 0 Å². The molecular formula is C22H22BrN3O3S. The van der Waals surface area contributed by atoms with Crippen molar-refractivity contribution in [1.29, 1.82) is 0 Å². The molecule has 8 heteroatoms. The molecule has 1 aromatic heterocycles. The van der Waals surface area contributed by atoms with Crippen LogP contribution in [0.3, 0.4) is 0 Å². The van der Waals surface area contributed by atoms with E-state index in [1.54, 1.807) is 12.1 Å². The quantitative estimate of drug-likeness (QED) is 0.462. The van der Waals surface area contributed by atoms with E-state index in [0.29, 0.717) is 4.88 Å². The van der Waals surface area contributed by atoms with Crippen molar-refractivity contribution < 1.29 is 14.4 Å². The van der Waals surface area contributed by atoms with Gasteiger partial charge in [-0.3, -0.25) is 25.2 Å². The normalized spacial score (nSPS) is 11.9. The van der Waals surface area contributed by atoms with Crippen LogP contribution in [0, 0.1) is 5.92 Å². The Morgan fingerprint density at radius 2 is 1.70 bits per heavy atom. The van der Waals surface area contributed by atoms with Crippen LogP contribution < -0.4 is 16.2 Å². The van der Waals surface area contributed by atoms with Gasteiger partial charge in [-0.25, -0.2) is 0 Å². The maximum Gasteiger partial charge on any atom is 0.279 e. The molecule has 0 saturated heterocycles. The summed E-state index contributed by atoms with van der Waals surface area (Å²) in [7, 11) is 0. The number of rotatable bonds is 6. The van der Waals surface area contributed by atoms with Crippen LogP contribution in [-0.2, 0) is 16.0 Å². The van der Waals surface area contributed by atoms with E-state index in [0.717, 1.165) is 20.1 Å². The minimum Gasteiger partial charge on any atom is -0.344 e. The molecule has 3 amide bonds. The fourth-order valence-corrected chi connectivity index (χ4v) is 4.27. The molecule has 3 rings (SSSR count). The molecule has 0 radical (unpaired) electrons. The van der Waals surface area contributed by atoms with Crippen LogP contribution in [0.25, 0.3) is 10.8 Å². The largest absolute Gasteiger partial charge is 0.344 e. The van der Waals surface area contributed by atoms with E-state index in [1.807, 2.05) is 56.3 Å². The van der Waals surface area contributed by atoms with Crippen molar-refractivity contribution in [2.24, 2.45) is 5.92 Å². The van der Waals surface area contributed by atoms with Crippen molar-refractivity contribution in [2.45, 2.75) is 26.3 Å². The molecule has 1 heterocycles. The average Bonchev–Trinajstić information content (AvgIpc) is 3.16. The van der Waals surface area contributed by atoms with Gasteiger partial charge in [0.1, 0.15) is 6.04 Å². The number of fused-ring (bicyclic) bond motifs is 1. The molecule has 1 atom stereocenters. The molecule has 2 aromatic carbocycles. The predicted molar refractivity (Wildman–Crippen MR) is 122 cm³/mol. The van der Waals surface area contributed by atoms with Gasteiger partial charge < -0.3 is 5.32 Å². The molecule has 3 aromatic rings. The summed E-state index contributed by atoms with van der Waals surface area (Å²) in [5, 5.41) is 4.94. The summed E-state index contributed by atoms with van der Waals surface area (Å²) in [6, 6.07) is 16.4. The van der Waals surface area contributed by atoms with Crippen LogP contribution in [0.15, 0.2) is 58.4 Å². The lowest BCUT2D eigenvalue weighted by Gasteiger charge is -2.22. The van der Waals surface area contributed by atoms with Crippen molar-refractivity contribution in [3.8, 4) is 0 Å². The van der Waals surface area contributed by atoms with Gasteiger partial charge in [0.25, 0.3) is 11.8 Å². The average molecular weight is 488 g/mol. The monoisotopic (exact) mass is 487 g/mol. The first-order chi connectivity index (χ1) is 14.3. The third kappa shape index (κ3) is 5.67. The molecular weight excluding hydrogens is 466 g/mol. The number of carbonyl (C=O) groups is 3. The highest BCUT2D eigenvalue weighted by atomic mass is 79.9. The van der Waals surface area contributed by atoms with Gasteiger partial charge in [-0.15, -0.1) is 11.3 Å². The molecule has 30 heavy (non-hydrogen) atoms. The molecule has 0 aliphatic rings. The summed E-state index contributed by atoms with van der Waals surface area (Å²) in [5.41, 5.74) is 5.66. The Kier molecular flexibility index (Phi) is 7.23. The molecule has 0 bridgehead atoms. The number of nitrogens with one attached hydrogen (secondary N) is 3. The first kappa shape index (κ1) is 22.0. The van der Waals surface area contributed by atoms with Crippen LogP contribution in [0.4, 0.5) is 0 Å². The number of amides is 3. The zero-order valence-corrected chi connectivity index (χ0v) is 19.0. The van der Waals surface area contributed by atoms with Gasteiger partial charge in [0, 0.05) is 0 Å². The molecule has 156 valence electrons. The summed E-state index contributed by atoms with van der Waals surface area (Å²) < 4.78 is 0.819. The van der Waals surface area contributed by atoms with Gasteiger partial charge in [0.2, 0.25) is 5.91 Å². The van der Waals surface area contributed by atoms with E-state index < -0.39 is 17.9 Å². The molecule has 0 spiro atoms. The molecule has 3 N–H and O–H groups in total. The first-order valence-corrected chi connectivity index (χ1v) is 11.1. The van der Waals surface area contributed by atoms with Crippen molar-refractivity contribution in [2.75, 3.05) is 0 Å². The number of hydrazine groups is 1. The summed E-state index contributed by atoms with van der Waals surface area (Å²) >= 11 is 4.55. The molecule has 0 aliphatic carbocycles. The van der Waals surface area contributed by atoms with Crippen LogP contribution in [0.1, 0.15) is 29.1 Å². The van der Waals surface area contributed by atoms with Gasteiger partial charge in [0.05, 0.1) is 15.1 Å². The van der Waals surface area contributed by atoms with Crippen molar-refractivity contribution in [3.05, 3.63) is 68.8 Å². The minimum atomic E-state index is -0.770. The van der Waals surface area contributed by atoms with Crippen LogP contribution in [0.2, 0.25) is 0 Å². The molecule has 0 fully saturated rings. The highest BCUT2D eigenvalue weighted by molar-refractivity contribution is 9.11. The number of carbonyl (C=O) groups excluding carboxylic acids is 3. The lowest BCUT2D eigenvalue weighted by Crippen LogP contribution is -2.54. The number of halogens is 1. The second kappa shape index (κ2) is 9.86. The molecule has 1 unspecified atom stereocenters. The third-order valence-electron chi connectivity index (χ3n) is 4.54. The van der Waals surface area contributed by atoms with Gasteiger partial charge >= 0.3 is 0 Å². The Morgan fingerprint density at radius 1 is 0.967 bits per heavy atom. The van der Waals surface area contributed by atoms with E-state index in [2.05, 4.69) is 32.1 Å². The fourth-order valence-electron chi connectivity index (χ4n) is 2.99. The highest BCUT2D eigenvalue weighted by Crippen LogP contribution is 2.21. The van der Waals surface area contributed by atoms with Gasteiger partial charge in [-0.2, -0.15) is 0 Å². The zero-order chi connectivity index (χ0) is 21.7. The Hall–Kier alpha value is -2.71. The SMILES string of the molecule is CC(C)C(NC(=O)Cc1ccc2ccccc2c1)C(=O)NNC(=O)c1ccc(Br)s1. The lowest BCUT2D eigenvalue weighted by molar-refractivity contribution is -0.130. The number of hydrogen-bond acceptors (Lipinski definition) is 4. The topological polar surface area (TPSA) is 87.3 Å². The molecule has 0 aliphatic heterocycles. The Labute approximate surface area is 187 Å². The Balaban J connectivity index is 1.58. The number of hydrogen-bond donors (Lipinski definition) is 3. The fraction of sp³-hybridized carbons (Fsp3) is 0.227. The second-order valence-electron chi connectivity index (χ2n) is 7.19. The Bertz CT molecular complexity index is 1080. The Morgan fingerprint density at radius 3 is 2.37 bits per heavy atom. The van der Waals surface area contributed by atoms with Gasteiger partial charge in [0.15, 0.2) is 0 Å². The van der Waals surface area contributed by atoms with Crippen LogP contribution in [0.5, 0.6) is 0 Å². The smallest absolute Gasteiger partial charge is 0.279 e. The first-order valence-electron chi connectivity index (χ1n) is 9.46. The van der Waals surface area contributed by atoms with Gasteiger partial charge in [-0.05, 0) is 50.3 Å². The summed E-state index contributed by atoms with van der Waals surface area (Å²) in [6.07, 6.45) is 0.164. The second-order valence-corrected chi connectivity index (χ2v) is 9.66. The molecule has 0 saturated carbocycles. The van der Waals surface area contributed by atoms with Crippen LogP contribution in [-0.4, -0.2) is 23.8 Å². The van der Waals surface area contributed by atoms with E-state index in [1.165, 1.54) is 11.3 Å². The number of benzene rings is 2. The maximum absolute atomic E-state index is 12.5. The summed E-state index contributed by atoms with van der Waals surface area (Å²) in [4.78, 5) is 37.7. The zero-order valence-electron chi connectivity index (χ0n) is 16.6. The predicted octanol–water partition coefficient (Wildman–Crippen LogP) is 3.81. The maximum atomic E-state index is 12.5. The molecule has 6 nitrogen and oxygen atoms in total. The third-order valence-corrected chi connectivity index (χ3v) is 6.16. The van der Waals surface area contributed by atoms with Crippen LogP contribution >= 0.6 is 27.3 Å². The summed E-state index contributed by atoms with van der Waals surface area (Å²) in [5.74, 6) is -1.30. The van der Waals surface area contributed by atoms with E-state index in [9.17, 15) is 14.4 Å². The lowest BCUT2D eigenvalue weighted by atomic mass is 10.0. The van der Waals surface area contributed by atoms with Gasteiger partial charge in [-0.1, -0.05) is 56.3 Å². The van der Waals surface area contributed by atoms with Crippen molar-refractivity contribution >= 4 is 55.8 Å². The van der Waals surface area contributed by atoms with E-state index in [4.69, 9.17) is 0 Å². The van der Waals surface area contributed by atoms with E-state index >= 15 is 0 Å². The minimum absolute atomic E-state index is 0.154. The highest BCUT2D eigenvalue weighted by Gasteiger charge is 2.25. The van der Waals surface area contributed by atoms with Crippen molar-refractivity contribution in [1.82, 2.24) is 16.2 Å².